The average Bonchev–Trinajstić information content (AvgIpc) is 2.45. The van der Waals surface area contributed by atoms with Crippen LogP contribution in [-0.2, 0) is 6.54 Å². The first kappa shape index (κ1) is 15.9. The van der Waals surface area contributed by atoms with Crippen LogP contribution in [0, 0.1) is 17.4 Å². The third-order valence-electron chi connectivity index (χ3n) is 3.39. The number of phenols is 1. The predicted molar refractivity (Wildman–Crippen MR) is 95.2 cm³/mol. The van der Waals surface area contributed by atoms with E-state index in [9.17, 15) is 5.11 Å². The Bertz CT molecular complexity index is 641. The number of rotatable bonds is 5. The van der Waals surface area contributed by atoms with Crippen molar-refractivity contribution in [2.24, 2.45) is 0 Å². The molecule has 2 aromatic rings. The molecule has 2 rings (SSSR count). The van der Waals surface area contributed by atoms with Crippen molar-refractivity contribution in [2.45, 2.75) is 27.3 Å². The number of hydrogen-bond acceptors (Lipinski definition) is 3. The number of hydrogen-bond donors (Lipinski definition) is 2. The molecule has 0 amide bonds. The van der Waals surface area contributed by atoms with Crippen LogP contribution in [0.1, 0.15) is 23.6 Å². The van der Waals surface area contributed by atoms with Crippen molar-refractivity contribution in [3.63, 3.8) is 0 Å². The van der Waals surface area contributed by atoms with Gasteiger partial charge in [-0.25, -0.2) is 0 Å². The SMILES string of the molecule is CCOc1cc(CNc2ccc(C)c(C)c2)cc(I)c1O. The summed E-state index contributed by atoms with van der Waals surface area (Å²) in [7, 11) is 0. The quantitative estimate of drug-likeness (QED) is 0.724. The molecule has 2 N–H and O–H groups in total. The van der Waals surface area contributed by atoms with Gasteiger partial charge in [-0.05, 0) is 84.3 Å². The average molecular weight is 397 g/mol. The minimum absolute atomic E-state index is 0.215. The Morgan fingerprint density at radius 1 is 1.14 bits per heavy atom. The first-order valence-electron chi connectivity index (χ1n) is 6.96. The molecule has 0 aliphatic rings. The summed E-state index contributed by atoms with van der Waals surface area (Å²) in [4.78, 5) is 0. The van der Waals surface area contributed by atoms with E-state index in [0.29, 0.717) is 18.9 Å². The van der Waals surface area contributed by atoms with Gasteiger partial charge < -0.3 is 15.2 Å². The van der Waals surface area contributed by atoms with Crippen molar-refractivity contribution < 1.29 is 9.84 Å². The van der Waals surface area contributed by atoms with E-state index in [1.807, 2.05) is 19.1 Å². The number of ether oxygens (including phenoxy) is 1. The second-order valence-electron chi connectivity index (χ2n) is 5.01. The lowest BCUT2D eigenvalue weighted by atomic mass is 10.1. The van der Waals surface area contributed by atoms with Gasteiger partial charge in [-0.3, -0.25) is 0 Å². The lowest BCUT2D eigenvalue weighted by molar-refractivity contribution is 0.317. The Hall–Kier alpha value is -1.43. The topological polar surface area (TPSA) is 41.5 Å². The number of phenolic OH excluding ortho intramolecular Hbond substituents is 1. The monoisotopic (exact) mass is 397 g/mol. The Morgan fingerprint density at radius 3 is 2.57 bits per heavy atom. The van der Waals surface area contributed by atoms with Crippen molar-refractivity contribution in [1.82, 2.24) is 0 Å². The number of anilines is 1. The van der Waals surface area contributed by atoms with Crippen LogP contribution < -0.4 is 10.1 Å². The lowest BCUT2D eigenvalue weighted by Crippen LogP contribution is -2.02. The molecule has 0 saturated carbocycles. The standard InChI is InChI=1S/C17H20INO2/c1-4-21-16-9-13(8-15(18)17(16)20)10-19-14-6-5-11(2)12(3)7-14/h5-9,19-20H,4,10H2,1-3H3. The van der Waals surface area contributed by atoms with Crippen molar-refractivity contribution in [2.75, 3.05) is 11.9 Å². The minimum Gasteiger partial charge on any atom is -0.504 e. The molecule has 112 valence electrons. The molecule has 0 fully saturated rings. The molecule has 0 radical (unpaired) electrons. The zero-order valence-corrected chi connectivity index (χ0v) is 14.7. The highest BCUT2D eigenvalue weighted by Gasteiger charge is 2.09. The Morgan fingerprint density at radius 2 is 1.90 bits per heavy atom. The molecule has 0 heterocycles. The van der Waals surface area contributed by atoms with Gasteiger partial charge in [-0.1, -0.05) is 6.07 Å². The molecular formula is C17H20INO2. The molecule has 0 spiro atoms. The van der Waals surface area contributed by atoms with Gasteiger partial charge in [0.1, 0.15) is 0 Å². The molecule has 0 aliphatic heterocycles. The molecule has 0 bridgehead atoms. The normalized spacial score (nSPS) is 10.5. The van der Waals surface area contributed by atoms with Crippen LogP contribution in [-0.4, -0.2) is 11.7 Å². The molecule has 0 aromatic heterocycles. The first-order chi connectivity index (χ1) is 10.0. The third-order valence-corrected chi connectivity index (χ3v) is 4.21. The molecule has 21 heavy (non-hydrogen) atoms. The van der Waals surface area contributed by atoms with E-state index < -0.39 is 0 Å². The van der Waals surface area contributed by atoms with Crippen LogP contribution in [0.25, 0.3) is 0 Å². The summed E-state index contributed by atoms with van der Waals surface area (Å²) in [6, 6.07) is 10.2. The van der Waals surface area contributed by atoms with Crippen LogP contribution >= 0.6 is 22.6 Å². The summed E-state index contributed by atoms with van der Waals surface area (Å²) in [6.07, 6.45) is 0. The van der Waals surface area contributed by atoms with Crippen LogP contribution in [0.5, 0.6) is 11.5 Å². The Balaban J connectivity index is 2.14. The predicted octanol–water partition coefficient (Wildman–Crippen LogP) is 4.62. The van der Waals surface area contributed by atoms with Gasteiger partial charge >= 0.3 is 0 Å². The second-order valence-corrected chi connectivity index (χ2v) is 6.17. The van der Waals surface area contributed by atoms with Crippen LogP contribution in [0.2, 0.25) is 0 Å². The molecule has 0 unspecified atom stereocenters. The molecule has 2 aromatic carbocycles. The number of aromatic hydroxyl groups is 1. The van der Waals surface area contributed by atoms with Crippen LogP contribution in [0.3, 0.4) is 0 Å². The van der Waals surface area contributed by atoms with Crippen LogP contribution in [0.15, 0.2) is 30.3 Å². The summed E-state index contributed by atoms with van der Waals surface area (Å²) in [6.45, 7) is 7.36. The van der Waals surface area contributed by atoms with E-state index in [-0.39, 0.29) is 5.75 Å². The van der Waals surface area contributed by atoms with E-state index in [1.54, 1.807) is 0 Å². The largest absolute Gasteiger partial charge is 0.504 e. The zero-order chi connectivity index (χ0) is 15.4. The van der Waals surface area contributed by atoms with Crippen LogP contribution in [0.4, 0.5) is 5.69 Å². The molecule has 0 atom stereocenters. The highest BCUT2D eigenvalue weighted by molar-refractivity contribution is 14.1. The Kier molecular flexibility index (Phi) is 5.33. The highest BCUT2D eigenvalue weighted by Crippen LogP contribution is 2.33. The fourth-order valence-electron chi connectivity index (χ4n) is 2.05. The smallest absolute Gasteiger partial charge is 0.171 e. The van der Waals surface area contributed by atoms with Gasteiger partial charge in [0.15, 0.2) is 11.5 Å². The minimum atomic E-state index is 0.215. The van der Waals surface area contributed by atoms with E-state index >= 15 is 0 Å². The van der Waals surface area contributed by atoms with Gasteiger partial charge in [-0.2, -0.15) is 0 Å². The van der Waals surface area contributed by atoms with E-state index in [1.165, 1.54) is 11.1 Å². The molecule has 4 heteroatoms. The van der Waals surface area contributed by atoms with Gasteiger partial charge in [0.2, 0.25) is 0 Å². The number of halogens is 1. The molecular weight excluding hydrogens is 377 g/mol. The number of benzene rings is 2. The van der Waals surface area contributed by atoms with E-state index in [2.05, 4.69) is 60.0 Å². The summed E-state index contributed by atoms with van der Waals surface area (Å²) >= 11 is 2.12. The van der Waals surface area contributed by atoms with E-state index in [4.69, 9.17) is 4.74 Å². The van der Waals surface area contributed by atoms with Gasteiger partial charge in [-0.15, -0.1) is 0 Å². The van der Waals surface area contributed by atoms with Crippen molar-refractivity contribution >= 4 is 28.3 Å². The number of aryl methyl sites for hydroxylation is 2. The van der Waals surface area contributed by atoms with Crippen molar-refractivity contribution in [3.8, 4) is 11.5 Å². The summed E-state index contributed by atoms with van der Waals surface area (Å²) in [5.41, 5.74) is 4.74. The zero-order valence-electron chi connectivity index (χ0n) is 12.5. The molecule has 3 nitrogen and oxygen atoms in total. The number of nitrogens with one attached hydrogen (secondary N) is 1. The summed E-state index contributed by atoms with van der Waals surface area (Å²) < 4.78 is 6.26. The fraction of sp³-hybridized carbons (Fsp3) is 0.294. The highest BCUT2D eigenvalue weighted by atomic mass is 127. The van der Waals surface area contributed by atoms with E-state index in [0.717, 1.165) is 14.8 Å². The Labute approximate surface area is 139 Å². The maximum Gasteiger partial charge on any atom is 0.171 e. The molecule has 0 saturated heterocycles. The van der Waals surface area contributed by atoms with Crippen molar-refractivity contribution in [1.29, 1.82) is 0 Å². The summed E-state index contributed by atoms with van der Waals surface area (Å²) in [5.74, 6) is 0.758. The molecule has 0 aliphatic carbocycles. The maximum absolute atomic E-state index is 9.95. The second kappa shape index (κ2) is 7.02. The maximum atomic E-state index is 9.95. The van der Waals surface area contributed by atoms with Gasteiger partial charge in [0.25, 0.3) is 0 Å². The van der Waals surface area contributed by atoms with Crippen molar-refractivity contribution in [3.05, 3.63) is 50.6 Å². The third kappa shape index (κ3) is 4.03. The fourth-order valence-corrected chi connectivity index (χ4v) is 2.72. The first-order valence-corrected chi connectivity index (χ1v) is 8.04. The van der Waals surface area contributed by atoms with Gasteiger partial charge in [0, 0.05) is 12.2 Å². The lowest BCUT2D eigenvalue weighted by Gasteiger charge is -2.12. The summed E-state index contributed by atoms with van der Waals surface area (Å²) in [5, 5.41) is 13.4. The van der Waals surface area contributed by atoms with Gasteiger partial charge in [0.05, 0.1) is 10.2 Å².